The first kappa shape index (κ1) is 19.5. The van der Waals surface area contributed by atoms with Crippen molar-refractivity contribution in [3.05, 3.63) is 89.5 Å². The number of phenolic OH excluding ortho intramolecular Hbond substituents is 1. The lowest BCUT2D eigenvalue weighted by Gasteiger charge is -2.03. The van der Waals surface area contributed by atoms with Crippen LogP contribution in [0.2, 0.25) is 0 Å². The van der Waals surface area contributed by atoms with Crippen LogP contribution in [0.25, 0.3) is 6.08 Å². The van der Waals surface area contributed by atoms with Gasteiger partial charge in [-0.3, -0.25) is 4.79 Å². The average molecular weight is 360 g/mol. The van der Waals surface area contributed by atoms with E-state index >= 15 is 0 Å². The monoisotopic (exact) mass is 360 g/mol. The lowest BCUT2D eigenvalue weighted by Crippen LogP contribution is -2.23. The molecule has 0 radical (unpaired) electrons. The fourth-order valence-corrected chi connectivity index (χ4v) is 2.22. The lowest BCUT2D eigenvalue weighted by atomic mass is 10.2. The molecule has 2 aromatic carbocycles. The van der Waals surface area contributed by atoms with Crippen LogP contribution < -0.4 is 10.1 Å². The van der Waals surface area contributed by atoms with Gasteiger partial charge in [0.2, 0.25) is 0 Å². The number of nitrogens with zero attached hydrogens (tertiary/aromatic N) is 1. The summed E-state index contributed by atoms with van der Waals surface area (Å²) in [6.07, 6.45) is 8.37. The maximum atomic E-state index is 12.0. The molecule has 0 saturated heterocycles. The molecule has 0 aromatic heterocycles. The highest BCUT2D eigenvalue weighted by atomic mass is 16.5. The van der Waals surface area contributed by atoms with Gasteiger partial charge < -0.3 is 15.2 Å². The molecular formula is C22H20N2O3. The van der Waals surface area contributed by atoms with Crippen molar-refractivity contribution in [2.75, 3.05) is 7.11 Å². The van der Waals surface area contributed by atoms with E-state index in [0.29, 0.717) is 12.3 Å². The number of methoxy groups -OCH3 is 1. The third kappa shape index (κ3) is 6.22. The van der Waals surface area contributed by atoms with Crippen LogP contribution >= 0.6 is 0 Å². The van der Waals surface area contributed by atoms with Crippen molar-refractivity contribution in [1.29, 1.82) is 5.26 Å². The maximum Gasteiger partial charge on any atom is 0.262 e. The molecule has 0 spiro atoms. The number of benzene rings is 2. The molecule has 0 atom stereocenters. The Balaban J connectivity index is 1.93. The molecule has 27 heavy (non-hydrogen) atoms. The summed E-state index contributed by atoms with van der Waals surface area (Å²) in [6, 6.07) is 16.4. The largest absolute Gasteiger partial charge is 0.504 e. The van der Waals surface area contributed by atoms with Crippen molar-refractivity contribution >= 4 is 12.0 Å². The Kier molecular flexibility index (Phi) is 7.43. The minimum Gasteiger partial charge on any atom is -0.504 e. The van der Waals surface area contributed by atoms with Crippen LogP contribution in [-0.2, 0) is 11.3 Å². The highest BCUT2D eigenvalue weighted by molar-refractivity contribution is 5.97. The van der Waals surface area contributed by atoms with Crippen molar-refractivity contribution in [1.82, 2.24) is 5.32 Å². The minimum atomic E-state index is -0.418. The molecular weight excluding hydrogens is 340 g/mol. The van der Waals surface area contributed by atoms with Gasteiger partial charge in [0.1, 0.15) is 11.6 Å². The van der Waals surface area contributed by atoms with Gasteiger partial charge in [-0.15, -0.1) is 0 Å². The fourth-order valence-electron chi connectivity index (χ4n) is 2.22. The zero-order valence-corrected chi connectivity index (χ0v) is 14.9. The van der Waals surface area contributed by atoms with E-state index in [-0.39, 0.29) is 11.3 Å². The van der Waals surface area contributed by atoms with Gasteiger partial charge in [-0.1, -0.05) is 60.7 Å². The topological polar surface area (TPSA) is 82.3 Å². The Morgan fingerprint density at radius 2 is 1.96 bits per heavy atom. The third-order valence-corrected chi connectivity index (χ3v) is 3.64. The average Bonchev–Trinajstić information content (AvgIpc) is 2.70. The van der Waals surface area contributed by atoms with E-state index in [1.165, 1.54) is 13.2 Å². The smallest absolute Gasteiger partial charge is 0.262 e. The van der Waals surface area contributed by atoms with Gasteiger partial charge in [-0.2, -0.15) is 5.26 Å². The number of aromatic hydroxyl groups is 1. The second-order valence-electron chi connectivity index (χ2n) is 5.54. The zero-order valence-electron chi connectivity index (χ0n) is 14.9. The number of hydrogen-bond acceptors (Lipinski definition) is 4. The van der Waals surface area contributed by atoms with Crippen molar-refractivity contribution in [2.24, 2.45) is 0 Å². The Hall–Kier alpha value is -3.78. The predicted molar refractivity (Wildman–Crippen MR) is 105 cm³/mol. The molecule has 0 aliphatic rings. The molecule has 2 rings (SSSR count). The van der Waals surface area contributed by atoms with Crippen molar-refractivity contribution in [3.8, 4) is 17.6 Å². The number of hydrogen-bond donors (Lipinski definition) is 2. The molecule has 2 aromatic rings. The summed E-state index contributed by atoms with van der Waals surface area (Å²) >= 11 is 0. The van der Waals surface area contributed by atoms with Crippen LogP contribution in [0.4, 0.5) is 0 Å². The van der Waals surface area contributed by atoms with E-state index in [2.05, 4.69) is 5.32 Å². The van der Waals surface area contributed by atoms with Crippen molar-refractivity contribution in [3.63, 3.8) is 0 Å². The molecule has 0 aliphatic carbocycles. The number of nitriles is 1. The van der Waals surface area contributed by atoms with Crippen LogP contribution in [0, 0.1) is 11.3 Å². The standard InChI is InChI=1S/C22H20N2O3/c1-27-21-14-17(12-13-20(21)25)8-4-3-7-11-19(15-23)22(26)24-16-18-9-5-2-6-10-18/h2-14,25H,16H2,1H3,(H,24,26)/b7-3+,8-4+,19-11+. The van der Waals surface area contributed by atoms with Gasteiger partial charge in [-0.25, -0.2) is 0 Å². The van der Waals surface area contributed by atoms with Gasteiger partial charge in [0.15, 0.2) is 11.5 Å². The Morgan fingerprint density at radius 1 is 1.19 bits per heavy atom. The number of carbonyl (C=O) groups excluding carboxylic acids is 1. The molecule has 0 heterocycles. The second kappa shape index (κ2) is 10.3. The SMILES string of the molecule is COc1cc(/C=C/C=C/C=C(\C#N)C(=O)NCc2ccccc2)ccc1O. The predicted octanol–water partition coefficient (Wildman–Crippen LogP) is 3.74. The van der Waals surface area contributed by atoms with E-state index in [1.54, 1.807) is 36.4 Å². The van der Waals surface area contributed by atoms with Gasteiger partial charge >= 0.3 is 0 Å². The highest BCUT2D eigenvalue weighted by Gasteiger charge is 2.06. The van der Waals surface area contributed by atoms with Crippen LogP contribution in [0.3, 0.4) is 0 Å². The summed E-state index contributed by atoms with van der Waals surface area (Å²) in [4.78, 5) is 12.0. The normalized spacial score (nSPS) is 11.5. The van der Waals surface area contributed by atoms with Crippen molar-refractivity contribution < 1.29 is 14.6 Å². The molecule has 5 nitrogen and oxygen atoms in total. The van der Waals surface area contributed by atoms with E-state index in [4.69, 9.17) is 10.00 Å². The first-order valence-corrected chi connectivity index (χ1v) is 8.28. The summed E-state index contributed by atoms with van der Waals surface area (Å²) in [7, 11) is 1.49. The van der Waals surface area contributed by atoms with E-state index in [0.717, 1.165) is 11.1 Å². The van der Waals surface area contributed by atoms with Gasteiger partial charge in [0.25, 0.3) is 5.91 Å². The molecule has 0 bridgehead atoms. The quantitative estimate of drug-likeness (QED) is 0.448. The van der Waals surface area contributed by atoms with Gasteiger partial charge in [-0.05, 0) is 29.3 Å². The van der Waals surface area contributed by atoms with Crippen LogP contribution in [0.5, 0.6) is 11.5 Å². The number of allylic oxidation sites excluding steroid dienone is 4. The number of ether oxygens (including phenoxy) is 1. The summed E-state index contributed by atoms with van der Waals surface area (Å²) in [5.41, 5.74) is 1.84. The van der Waals surface area contributed by atoms with Crippen LogP contribution in [0.15, 0.2) is 78.4 Å². The van der Waals surface area contributed by atoms with E-state index in [9.17, 15) is 9.90 Å². The molecule has 136 valence electrons. The van der Waals surface area contributed by atoms with Gasteiger partial charge in [0.05, 0.1) is 7.11 Å². The fraction of sp³-hybridized carbons (Fsp3) is 0.0909. The molecule has 0 aliphatic heterocycles. The summed E-state index contributed by atoms with van der Waals surface area (Å²) < 4.78 is 5.05. The number of nitrogens with one attached hydrogen (secondary N) is 1. The first-order chi connectivity index (χ1) is 13.1. The molecule has 2 N–H and O–H groups in total. The molecule has 0 unspecified atom stereocenters. The van der Waals surface area contributed by atoms with Gasteiger partial charge in [0, 0.05) is 6.54 Å². The molecule has 0 fully saturated rings. The number of rotatable bonds is 7. The molecule has 1 amide bonds. The van der Waals surface area contributed by atoms with Crippen LogP contribution in [0.1, 0.15) is 11.1 Å². The van der Waals surface area contributed by atoms with Crippen LogP contribution in [-0.4, -0.2) is 18.1 Å². The first-order valence-electron chi connectivity index (χ1n) is 8.28. The van der Waals surface area contributed by atoms with Crippen molar-refractivity contribution in [2.45, 2.75) is 6.54 Å². The highest BCUT2D eigenvalue weighted by Crippen LogP contribution is 2.26. The Morgan fingerprint density at radius 3 is 2.67 bits per heavy atom. The third-order valence-electron chi connectivity index (χ3n) is 3.64. The maximum absolute atomic E-state index is 12.0. The number of amides is 1. The zero-order chi connectivity index (χ0) is 19.5. The minimum absolute atomic E-state index is 0.0295. The Bertz CT molecular complexity index is 907. The second-order valence-corrected chi connectivity index (χ2v) is 5.54. The molecule has 0 saturated carbocycles. The molecule has 5 heteroatoms. The summed E-state index contributed by atoms with van der Waals surface area (Å²) in [6.45, 7) is 0.366. The van der Waals surface area contributed by atoms with E-state index < -0.39 is 5.91 Å². The lowest BCUT2D eigenvalue weighted by molar-refractivity contribution is -0.117. The summed E-state index contributed by atoms with van der Waals surface area (Å²) in [5, 5.41) is 21.4. The van der Waals surface area contributed by atoms with E-state index in [1.807, 2.05) is 42.5 Å². The summed E-state index contributed by atoms with van der Waals surface area (Å²) in [5.74, 6) is 0.0504. The number of phenols is 1. The Labute approximate surface area is 158 Å². The number of carbonyl (C=O) groups is 1.